The second kappa shape index (κ2) is 11.1. The van der Waals surface area contributed by atoms with Crippen LogP contribution in [0.2, 0.25) is 0 Å². The Morgan fingerprint density at radius 2 is 1.70 bits per heavy atom. The van der Waals surface area contributed by atoms with Crippen LogP contribution in [-0.4, -0.2) is 122 Å². The molecule has 0 aromatic rings. The average Bonchev–Trinajstić information content (AvgIpc) is 2.76. The number of aliphatic hydroxyl groups excluding tert-OH is 6. The minimum absolute atomic E-state index is 0.196. The minimum Gasteiger partial charge on any atom is -0.447 e. The van der Waals surface area contributed by atoms with Crippen molar-refractivity contribution in [3.63, 3.8) is 0 Å². The Hall–Kier alpha value is -1.72. The van der Waals surface area contributed by atoms with Gasteiger partial charge in [0.1, 0.15) is 55.4 Å². The summed E-state index contributed by atoms with van der Waals surface area (Å²) in [6.45, 7) is 3.50. The van der Waals surface area contributed by atoms with Crippen LogP contribution >= 0.6 is 0 Å². The summed E-state index contributed by atoms with van der Waals surface area (Å²) < 4.78 is 20.8. The summed E-state index contributed by atoms with van der Waals surface area (Å²) in [6.07, 6.45) is -17.4. The number of rotatable bonds is 9. The van der Waals surface area contributed by atoms with E-state index in [4.69, 9.17) is 19.9 Å². The first kappa shape index (κ1) is 27.5. The number of amides is 1. The van der Waals surface area contributed by atoms with E-state index in [0.29, 0.717) is 0 Å². The minimum atomic E-state index is -2.47. The van der Waals surface area contributed by atoms with E-state index < -0.39 is 92.4 Å². The van der Waals surface area contributed by atoms with Gasteiger partial charge in [0.2, 0.25) is 0 Å². The molecule has 0 saturated carbocycles. The van der Waals surface area contributed by atoms with Crippen LogP contribution in [0, 0.1) is 0 Å². The van der Waals surface area contributed by atoms with Gasteiger partial charge in [-0.3, -0.25) is 4.79 Å². The molecule has 2 aliphatic rings. The number of Topliss-reactive ketones (excluding diaryl/α,β-unsaturated/α-hetero) is 1. The van der Waals surface area contributed by atoms with Gasteiger partial charge in [0.25, 0.3) is 0 Å². The summed E-state index contributed by atoms with van der Waals surface area (Å²) in [5.41, 5.74) is 5.15. The van der Waals surface area contributed by atoms with Gasteiger partial charge >= 0.3 is 6.09 Å². The van der Waals surface area contributed by atoms with Crippen LogP contribution in [0.1, 0.15) is 19.8 Å². The zero-order valence-corrected chi connectivity index (χ0v) is 17.9. The van der Waals surface area contributed by atoms with Crippen molar-refractivity contribution in [3.8, 4) is 0 Å². The average molecular weight is 481 g/mol. The van der Waals surface area contributed by atoms with Crippen molar-refractivity contribution in [1.82, 2.24) is 0 Å². The van der Waals surface area contributed by atoms with Gasteiger partial charge in [-0.2, -0.15) is 0 Å². The van der Waals surface area contributed by atoms with Crippen LogP contribution in [0.15, 0.2) is 12.2 Å². The molecule has 0 radical (unpaired) electrons. The number of ether oxygens (including phenoxy) is 4. The van der Waals surface area contributed by atoms with Gasteiger partial charge < -0.3 is 60.4 Å². The van der Waals surface area contributed by atoms with E-state index in [9.17, 15) is 45.3 Å². The van der Waals surface area contributed by atoms with E-state index in [1.54, 1.807) is 0 Å². The number of allylic oxidation sites excluding steroid dienone is 1. The molecule has 2 aliphatic heterocycles. The molecule has 190 valence electrons. The van der Waals surface area contributed by atoms with Gasteiger partial charge in [0, 0.05) is 12.8 Å². The Morgan fingerprint density at radius 3 is 2.24 bits per heavy atom. The van der Waals surface area contributed by atoms with Crippen molar-refractivity contribution < 1.29 is 64.3 Å². The van der Waals surface area contributed by atoms with Gasteiger partial charge in [-0.25, -0.2) is 4.79 Å². The van der Waals surface area contributed by atoms with Gasteiger partial charge in [-0.15, -0.1) is 0 Å². The number of primary amides is 1. The van der Waals surface area contributed by atoms with Crippen molar-refractivity contribution in [2.24, 2.45) is 5.73 Å². The summed E-state index contributed by atoms with van der Waals surface area (Å²) >= 11 is 0. The zero-order chi connectivity index (χ0) is 25.1. The zero-order valence-electron chi connectivity index (χ0n) is 17.9. The van der Waals surface area contributed by atoms with Crippen LogP contribution in [0.3, 0.4) is 0 Å². The molecule has 0 bridgehead atoms. The molecule has 9 N–H and O–H groups in total. The Balaban J connectivity index is 2.24. The first-order chi connectivity index (χ1) is 15.3. The Labute approximate surface area is 188 Å². The summed E-state index contributed by atoms with van der Waals surface area (Å²) in [5, 5.41) is 71.2. The smallest absolute Gasteiger partial charge is 0.404 e. The summed E-state index contributed by atoms with van der Waals surface area (Å²) in [4.78, 5) is 22.9. The first-order valence-corrected chi connectivity index (χ1v) is 10.2. The molecule has 33 heavy (non-hydrogen) atoms. The molecule has 14 nitrogen and oxygen atoms in total. The molecule has 10 atom stereocenters. The summed E-state index contributed by atoms with van der Waals surface area (Å²) in [6, 6.07) is 0. The highest BCUT2D eigenvalue weighted by molar-refractivity contribution is 5.94. The number of hydrogen-bond donors (Lipinski definition) is 8. The summed E-state index contributed by atoms with van der Waals surface area (Å²) in [7, 11) is 0. The molecule has 2 rings (SSSR count). The summed E-state index contributed by atoms with van der Waals surface area (Å²) in [5.74, 6) is -2.90. The Morgan fingerprint density at radius 1 is 1.06 bits per heavy atom. The molecule has 1 amide bonds. The number of nitrogens with two attached hydrogens (primary N) is 1. The van der Waals surface area contributed by atoms with E-state index in [1.165, 1.54) is 6.92 Å². The number of carbonyl (C=O) groups excluding carboxylic acids is 2. The molecule has 0 aliphatic carbocycles. The maximum atomic E-state index is 11.9. The highest BCUT2D eigenvalue weighted by Crippen LogP contribution is 2.35. The van der Waals surface area contributed by atoms with Gasteiger partial charge in [0.05, 0.1) is 6.61 Å². The molecule has 2 heterocycles. The van der Waals surface area contributed by atoms with E-state index in [1.807, 2.05) is 0 Å². The Bertz CT molecular complexity index is 718. The fourth-order valence-electron chi connectivity index (χ4n) is 3.57. The maximum Gasteiger partial charge on any atom is 0.404 e. The quantitative estimate of drug-likeness (QED) is 0.147. The largest absolute Gasteiger partial charge is 0.447 e. The SMILES string of the molecule is C=C(C)C(=O)CCC1(O)O[C@H](COC(N)=O)[C@@H](O[C@@H]2O[C@H](CO)[C@H](O)[C@H](O)[C@H]2O)[C@H](O)[C@H]1O. The highest BCUT2D eigenvalue weighted by Gasteiger charge is 2.56. The van der Waals surface area contributed by atoms with Crippen molar-refractivity contribution >= 4 is 11.9 Å². The van der Waals surface area contributed by atoms with Crippen LogP contribution in [0.5, 0.6) is 0 Å². The molecular weight excluding hydrogens is 450 g/mol. The third-order valence-corrected chi connectivity index (χ3v) is 5.56. The molecule has 2 fully saturated rings. The molecular formula is C19H31NO13. The molecule has 0 aromatic heterocycles. The molecule has 0 spiro atoms. The standard InChI is InChI=1S/C19H31NO13/c1-7(2)8(22)3-4-19(29)16(27)14(26)15(10(33-19)6-30-18(20)28)32-17-13(25)12(24)11(23)9(5-21)31-17/h9-17,21,23-27,29H,1,3-6H2,2H3,(H2,20,28)/t9-,10-,11+,12+,13-,14+,15-,16-,17+,19?/m1/s1. The van der Waals surface area contributed by atoms with Gasteiger partial charge in [0.15, 0.2) is 17.9 Å². The fourth-order valence-corrected chi connectivity index (χ4v) is 3.57. The third-order valence-electron chi connectivity index (χ3n) is 5.56. The molecule has 2 saturated heterocycles. The first-order valence-electron chi connectivity index (χ1n) is 10.2. The number of aliphatic hydroxyl groups is 7. The molecule has 0 aromatic carbocycles. The second-order valence-corrected chi connectivity index (χ2v) is 8.07. The van der Waals surface area contributed by atoms with Gasteiger partial charge in [-0.1, -0.05) is 6.58 Å². The van der Waals surface area contributed by atoms with Crippen molar-refractivity contribution in [2.75, 3.05) is 13.2 Å². The Kier molecular flexibility index (Phi) is 9.29. The van der Waals surface area contributed by atoms with Crippen LogP contribution in [0.4, 0.5) is 4.79 Å². The fraction of sp³-hybridized carbons (Fsp3) is 0.789. The molecule has 14 heteroatoms. The topological polar surface area (TPSA) is 239 Å². The van der Waals surface area contributed by atoms with Crippen LogP contribution in [-0.2, 0) is 23.7 Å². The van der Waals surface area contributed by atoms with E-state index in [0.717, 1.165) is 0 Å². The lowest BCUT2D eigenvalue weighted by molar-refractivity contribution is -0.384. The van der Waals surface area contributed by atoms with Gasteiger partial charge in [-0.05, 0) is 12.5 Å². The van der Waals surface area contributed by atoms with Crippen molar-refractivity contribution in [1.29, 1.82) is 0 Å². The predicted molar refractivity (Wildman–Crippen MR) is 105 cm³/mol. The van der Waals surface area contributed by atoms with Crippen molar-refractivity contribution in [2.45, 2.75) is 80.7 Å². The maximum absolute atomic E-state index is 11.9. The van der Waals surface area contributed by atoms with Crippen LogP contribution in [0.25, 0.3) is 0 Å². The van der Waals surface area contributed by atoms with E-state index >= 15 is 0 Å². The second-order valence-electron chi connectivity index (χ2n) is 8.07. The number of ketones is 1. The monoisotopic (exact) mass is 481 g/mol. The third kappa shape index (κ3) is 6.24. The number of hydrogen-bond acceptors (Lipinski definition) is 13. The predicted octanol–water partition coefficient (Wildman–Crippen LogP) is -4.00. The lowest BCUT2D eigenvalue weighted by Crippen LogP contribution is -2.68. The van der Waals surface area contributed by atoms with E-state index in [-0.39, 0.29) is 12.0 Å². The normalized spacial score (nSPS) is 41.4. The van der Waals surface area contributed by atoms with Crippen molar-refractivity contribution in [3.05, 3.63) is 12.2 Å². The lowest BCUT2D eigenvalue weighted by Gasteiger charge is -2.49. The lowest BCUT2D eigenvalue weighted by atomic mass is 9.88. The molecule has 1 unspecified atom stereocenters. The highest BCUT2D eigenvalue weighted by atomic mass is 16.7. The number of carbonyl (C=O) groups is 2. The van der Waals surface area contributed by atoms with Crippen LogP contribution < -0.4 is 5.73 Å². The van der Waals surface area contributed by atoms with E-state index in [2.05, 4.69) is 11.3 Å².